The minimum Gasteiger partial charge on any atom is -0.458 e. The molecule has 2 unspecified atom stereocenters. The Morgan fingerprint density at radius 3 is 2.60 bits per heavy atom. The number of aliphatic hydroxyl groups is 2. The van der Waals surface area contributed by atoms with Crippen molar-refractivity contribution in [2.24, 2.45) is 5.92 Å². The summed E-state index contributed by atoms with van der Waals surface area (Å²) < 4.78 is 10.7. The second-order valence-electron chi connectivity index (χ2n) is 7.16. The molecule has 0 aromatic rings. The first kappa shape index (κ1) is 19.9. The molecule has 0 radical (unpaired) electrons. The fourth-order valence-corrected chi connectivity index (χ4v) is 3.45. The zero-order valence-electron chi connectivity index (χ0n) is 15.4. The third-order valence-corrected chi connectivity index (χ3v) is 5.51. The van der Waals surface area contributed by atoms with Crippen LogP contribution in [-0.2, 0) is 19.1 Å². The molecule has 7 heteroatoms. The van der Waals surface area contributed by atoms with Gasteiger partial charge in [-0.05, 0) is 47.1 Å². The fourth-order valence-electron chi connectivity index (χ4n) is 3.45. The van der Waals surface area contributed by atoms with Gasteiger partial charge in [-0.25, -0.2) is 9.59 Å². The van der Waals surface area contributed by atoms with Crippen molar-refractivity contribution in [1.29, 1.82) is 0 Å². The molecule has 2 rings (SSSR count). The summed E-state index contributed by atoms with van der Waals surface area (Å²) in [5.74, 6) is -1.30. The van der Waals surface area contributed by atoms with E-state index in [1.807, 2.05) is 0 Å². The molecule has 2 saturated heterocycles. The number of carbonyl (C=O) groups is 2. The van der Waals surface area contributed by atoms with Gasteiger partial charge in [0.05, 0.1) is 6.04 Å². The molecular formula is C18H29NO6. The number of nitrogens with zero attached hydrogens (tertiary/aromatic N) is 1. The number of hydrogen-bond donors (Lipinski definition) is 2. The maximum absolute atomic E-state index is 12.5. The topological polar surface area (TPSA) is 96.3 Å². The van der Waals surface area contributed by atoms with Gasteiger partial charge in [-0.1, -0.05) is 6.08 Å². The number of aliphatic hydroxyl groups excluding tert-OH is 1. The molecule has 2 heterocycles. The van der Waals surface area contributed by atoms with Gasteiger partial charge in [0.15, 0.2) is 5.60 Å². The van der Waals surface area contributed by atoms with Gasteiger partial charge in [0, 0.05) is 24.6 Å². The van der Waals surface area contributed by atoms with Crippen molar-refractivity contribution >= 4 is 11.9 Å². The van der Waals surface area contributed by atoms with Crippen LogP contribution >= 0.6 is 0 Å². The van der Waals surface area contributed by atoms with Crippen molar-refractivity contribution in [3.8, 4) is 0 Å². The first-order valence-electron chi connectivity index (χ1n) is 8.84. The Labute approximate surface area is 148 Å². The molecule has 0 bridgehead atoms. The molecule has 7 nitrogen and oxygen atoms in total. The van der Waals surface area contributed by atoms with Gasteiger partial charge in [-0.3, -0.25) is 4.90 Å². The lowest BCUT2D eigenvalue weighted by molar-refractivity contribution is -0.187. The first-order valence-corrected chi connectivity index (χ1v) is 8.84. The Morgan fingerprint density at radius 1 is 1.36 bits per heavy atom. The van der Waals surface area contributed by atoms with E-state index in [4.69, 9.17) is 9.47 Å². The number of ether oxygens (including phenoxy) is 2. The predicted molar refractivity (Wildman–Crippen MR) is 90.7 cm³/mol. The van der Waals surface area contributed by atoms with Crippen LogP contribution in [0.4, 0.5) is 0 Å². The van der Waals surface area contributed by atoms with Gasteiger partial charge in [0.1, 0.15) is 12.2 Å². The highest BCUT2D eigenvalue weighted by atomic mass is 16.6. The van der Waals surface area contributed by atoms with E-state index in [1.165, 1.54) is 13.8 Å². The van der Waals surface area contributed by atoms with E-state index in [1.54, 1.807) is 19.9 Å². The summed E-state index contributed by atoms with van der Waals surface area (Å²) in [4.78, 5) is 26.6. The Hall–Kier alpha value is -1.44. The number of esters is 2. The van der Waals surface area contributed by atoms with Gasteiger partial charge in [0.25, 0.3) is 0 Å². The number of rotatable bonds is 6. The van der Waals surface area contributed by atoms with Crippen LogP contribution in [0, 0.1) is 5.92 Å². The highest BCUT2D eigenvalue weighted by molar-refractivity contribution is 5.88. The van der Waals surface area contributed by atoms with Crippen molar-refractivity contribution in [3.05, 3.63) is 11.6 Å². The second kappa shape index (κ2) is 7.85. The Kier molecular flexibility index (Phi) is 6.24. The van der Waals surface area contributed by atoms with Crippen LogP contribution in [0.1, 0.15) is 40.5 Å². The zero-order valence-corrected chi connectivity index (χ0v) is 15.4. The van der Waals surface area contributed by atoms with Gasteiger partial charge < -0.3 is 19.7 Å². The predicted octanol–water partition coefficient (Wildman–Crippen LogP) is 0.634. The van der Waals surface area contributed by atoms with E-state index in [0.29, 0.717) is 12.0 Å². The Bertz CT molecular complexity index is 544. The van der Waals surface area contributed by atoms with Gasteiger partial charge in [-0.15, -0.1) is 0 Å². The lowest BCUT2D eigenvalue weighted by atomic mass is 9.96. The smallest absolute Gasteiger partial charge is 0.342 e. The molecule has 0 spiro atoms. The molecule has 25 heavy (non-hydrogen) atoms. The molecule has 142 valence electrons. The van der Waals surface area contributed by atoms with Crippen LogP contribution in [0.3, 0.4) is 0 Å². The van der Waals surface area contributed by atoms with Gasteiger partial charge in [-0.2, -0.15) is 0 Å². The average Bonchev–Trinajstić information content (AvgIpc) is 3.16. The molecular weight excluding hydrogens is 326 g/mol. The van der Waals surface area contributed by atoms with Crippen LogP contribution in [-0.4, -0.2) is 70.6 Å². The fraction of sp³-hybridized carbons (Fsp3) is 0.778. The number of allylic oxidation sites excluding steroid dienone is 1. The maximum Gasteiger partial charge on any atom is 0.342 e. The number of carbonyl (C=O) groups excluding carboxylic acids is 2. The van der Waals surface area contributed by atoms with E-state index >= 15 is 0 Å². The van der Waals surface area contributed by atoms with Crippen molar-refractivity contribution in [2.45, 2.75) is 64.4 Å². The van der Waals surface area contributed by atoms with Crippen LogP contribution in [0.15, 0.2) is 11.6 Å². The molecule has 5 atom stereocenters. The van der Waals surface area contributed by atoms with Crippen molar-refractivity contribution in [3.63, 3.8) is 0 Å². The molecule has 2 aliphatic rings. The second-order valence-corrected chi connectivity index (χ2v) is 7.16. The highest BCUT2D eigenvalue weighted by Gasteiger charge is 2.48. The average molecular weight is 355 g/mol. The van der Waals surface area contributed by atoms with E-state index in [9.17, 15) is 19.8 Å². The molecule has 0 aromatic heterocycles. The van der Waals surface area contributed by atoms with Crippen molar-refractivity contribution < 1.29 is 29.3 Å². The van der Waals surface area contributed by atoms with Crippen molar-refractivity contribution in [2.75, 3.05) is 19.7 Å². The first-order chi connectivity index (χ1) is 11.7. The molecule has 0 aliphatic carbocycles. The van der Waals surface area contributed by atoms with Gasteiger partial charge >= 0.3 is 11.9 Å². The summed E-state index contributed by atoms with van der Waals surface area (Å²) in [6.45, 7) is 7.83. The van der Waals surface area contributed by atoms with E-state index in [-0.39, 0.29) is 24.7 Å². The molecule has 2 N–H and O–H groups in total. The summed E-state index contributed by atoms with van der Waals surface area (Å²) >= 11 is 0. The molecule has 0 aromatic carbocycles. The summed E-state index contributed by atoms with van der Waals surface area (Å²) in [5.41, 5.74) is -1.54. The summed E-state index contributed by atoms with van der Waals surface area (Å²) in [6, 6.07) is -0.00660. The SMILES string of the molecule is C/C=C(\C)C(=O)OC(C)C(C)(O)C(=O)O[C@@H]1CCN2CC[C@H](CO)[C@H]12. The zero-order chi connectivity index (χ0) is 18.8. The van der Waals surface area contributed by atoms with Gasteiger partial charge in [0.2, 0.25) is 0 Å². The number of fused-ring (bicyclic) bond motifs is 1. The lowest BCUT2D eigenvalue weighted by Gasteiger charge is -2.31. The lowest BCUT2D eigenvalue weighted by Crippen LogP contribution is -2.51. The Morgan fingerprint density at radius 2 is 2.00 bits per heavy atom. The van der Waals surface area contributed by atoms with Crippen LogP contribution in [0.2, 0.25) is 0 Å². The van der Waals surface area contributed by atoms with Crippen LogP contribution in [0.25, 0.3) is 0 Å². The molecule has 2 fully saturated rings. The largest absolute Gasteiger partial charge is 0.458 e. The minimum atomic E-state index is -1.94. The molecule has 2 aliphatic heterocycles. The summed E-state index contributed by atoms with van der Waals surface area (Å²) in [5, 5.41) is 20.1. The third-order valence-electron chi connectivity index (χ3n) is 5.51. The quantitative estimate of drug-likeness (QED) is 0.533. The third kappa shape index (κ3) is 4.04. The highest BCUT2D eigenvalue weighted by Crippen LogP contribution is 2.35. The van der Waals surface area contributed by atoms with Crippen LogP contribution < -0.4 is 0 Å². The van der Waals surface area contributed by atoms with Crippen molar-refractivity contribution in [1.82, 2.24) is 4.90 Å². The van der Waals surface area contributed by atoms with E-state index in [0.717, 1.165) is 19.5 Å². The van der Waals surface area contributed by atoms with Crippen LogP contribution in [0.5, 0.6) is 0 Å². The maximum atomic E-state index is 12.5. The standard InChI is InChI=1S/C18H29NO6/c1-5-11(2)16(21)24-12(3)18(4,23)17(22)25-14-7-9-19-8-6-13(10-20)15(14)19/h5,12-15,20,23H,6-10H2,1-4H3/b11-5+/t12?,13-,14-,15-,18?/m1/s1. The molecule has 0 saturated carbocycles. The Balaban J connectivity index is 2.00. The van der Waals surface area contributed by atoms with E-state index < -0.39 is 23.6 Å². The number of hydrogen-bond acceptors (Lipinski definition) is 7. The summed E-state index contributed by atoms with van der Waals surface area (Å²) in [7, 11) is 0. The van der Waals surface area contributed by atoms with E-state index in [2.05, 4.69) is 4.90 Å². The normalized spacial score (nSPS) is 30.5. The summed E-state index contributed by atoms with van der Waals surface area (Å²) in [6.07, 6.45) is 1.75. The monoisotopic (exact) mass is 355 g/mol. The molecule has 0 amide bonds. The minimum absolute atomic E-state index is 0.00660.